The molecule has 0 radical (unpaired) electrons. The molecule has 0 saturated heterocycles. The van der Waals surface area contributed by atoms with Crippen LogP contribution in [0.1, 0.15) is 225 Å². The van der Waals surface area contributed by atoms with E-state index < -0.39 is 0 Å². The Balaban J connectivity index is 1.57. The number of para-hydroxylation sites is 2. The molecule has 0 spiro atoms. The average Bonchev–Trinajstić information content (AvgIpc) is 3.13. The van der Waals surface area contributed by atoms with Crippen molar-refractivity contribution in [2.45, 2.75) is 226 Å². The summed E-state index contributed by atoms with van der Waals surface area (Å²) in [5.74, 6) is 0. The first-order chi connectivity index (χ1) is 24.4. The zero-order chi connectivity index (χ0) is 34.7. The second-order valence-corrected chi connectivity index (χ2v) is 15.5. The Labute approximate surface area is 307 Å². The van der Waals surface area contributed by atoms with Crippen LogP contribution < -0.4 is 4.90 Å². The van der Waals surface area contributed by atoms with Gasteiger partial charge in [-0.3, -0.25) is 0 Å². The zero-order valence-corrected chi connectivity index (χ0v) is 33.2. The third-order valence-electron chi connectivity index (χ3n) is 10.9. The maximum Gasteiger partial charge on any atom is 0.0443 e. The van der Waals surface area contributed by atoms with Gasteiger partial charge in [-0.15, -0.1) is 0 Å². The van der Waals surface area contributed by atoms with Crippen molar-refractivity contribution < 1.29 is 0 Å². The molecule has 2 aromatic rings. The largest absolute Gasteiger partial charge is 0.341 e. The van der Waals surface area contributed by atoms with Gasteiger partial charge in [0.25, 0.3) is 0 Å². The van der Waals surface area contributed by atoms with Gasteiger partial charge in [-0.25, -0.2) is 0 Å². The fourth-order valence-corrected chi connectivity index (χ4v) is 7.66. The standard InChI is InChI=1S/C48H83N/c1-3-5-7-9-11-13-15-17-19-21-23-25-27-29-31-34-40-46-41-37-38-44-48(46)49(47-42-35-33-36-43-47)45-39-32-30-28-26-24-22-20-18-16-14-12-10-8-6-4-2/h33,35-38,41-44H,3-32,34,39-40,45H2,1-2H3. The summed E-state index contributed by atoms with van der Waals surface area (Å²) < 4.78 is 0. The second-order valence-electron chi connectivity index (χ2n) is 15.5. The van der Waals surface area contributed by atoms with E-state index in [1.165, 1.54) is 229 Å². The Bertz CT molecular complexity index is 935. The number of benzene rings is 2. The minimum absolute atomic E-state index is 1.12. The van der Waals surface area contributed by atoms with Gasteiger partial charge in [0, 0.05) is 17.9 Å². The molecule has 0 bridgehead atoms. The molecule has 2 aromatic carbocycles. The van der Waals surface area contributed by atoms with E-state index in [-0.39, 0.29) is 0 Å². The van der Waals surface area contributed by atoms with Crippen LogP contribution in [0.2, 0.25) is 0 Å². The molecule has 2 rings (SSSR count). The first-order valence-corrected chi connectivity index (χ1v) is 22.3. The highest BCUT2D eigenvalue weighted by molar-refractivity contribution is 5.66. The number of aryl methyl sites for hydroxylation is 1. The van der Waals surface area contributed by atoms with Gasteiger partial charge in [-0.1, -0.05) is 243 Å². The molecule has 49 heavy (non-hydrogen) atoms. The highest BCUT2D eigenvalue weighted by Gasteiger charge is 2.13. The summed E-state index contributed by atoms with van der Waals surface area (Å²) >= 11 is 0. The molecule has 0 amide bonds. The molecular weight excluding hydrogens is 591 g/mol. The fourth-order valence-electron chi connectivity index (χ4n) is 7.66. The van der Waals surface area contributed by atoms with Crippen molar-refractivity contribution in [1.82, 2.24) is 0 Å². The molecule has 0 aliphatic heterocycles. The van der Waals surface area contributed by atoms with E-state index in [1.54, 1.807) is 0 Å². The quantitative estimate of drug-likeness (QED) is 0.0651. The van der Waals surface area contributed by atoms with Crippen LogP contribution in [0.4, 0.5) is 11.4 Å². The number of rotatable bonds is 36. The lowest BCUT2D eigenvalue weighted by atomic mass is 10.0. The predicted molar refractivity (Wildman–Crippen MR) is 223 cm³/mol. The molecule has 0 saturated carbocycles. The number of hydrogen-bond donors (Lipinski definition) is 0. The Morgan fingerprint density at radius 2 is 0.653 bits per heavy atom. The fraction of sp³-hybridized carbons (Fsp3) is 0.750. The van der Waals surface area contributed by atoms with E-state index in [0.717, 1.165) is 6.54 Å². The lowest BCUT2D eigenvalue weighted by molar-refractivity contribution is 0.529. The molecule has 0 aromatic heterocycles. The number of nitrogens with zero attached hydrogens (tertiary/aromatic N) is 1. The molecule has 0 fully saturated rings. The third kappa shape index (κ3) is 24.1. The van der Waals surface area contributed by atoms with Gasteiger partial charge in [0.2, 0.25) is 0 Å². The summed E-state index contributed by atoms with van der Waals surface area (Å²) in [7, 11) is 0. The molecule has 280 valence electrons. The first kappa shape index (κ1) is 43.4. The van der Waals surface area contributed by atoms with Gasteiger partial charge in [0.15, 0.2) is 0 Å². The lowest BCUT2D eigenvalue weighted by Crippen LogP contribution is -2.20. The van der Waals surface area contributed by atoms with Gasteiger partial charge in [0.05, 0.1) is 0 Å². The van der Waals surface area contributed by atoms with Crippen molar-refractivity contribution in [2.75, 3.05) is 11.4 Å². The van der Waals surface area contributed by atoms with E-state index in [1.807, 2.05) is 0 Å². The first-order valence-electron chi connectivity index (χ1n) is 22.3. The van der Waals surface area contributed by atoms with E-state index in [9.17, 15) is 0 Å². The third-order valence-corrected chi connectivity index (χ3v) is 10.9. The van der Waals surface area contributed by atoms with Crippen LogP contribution in [0, 0.1) is 0 Å². The van der Waals surface area contributed by atoms with Gasteiger partial charge in [-0.2, -0.15) is 0 Å². The maximum absolute atomic E-state index is 2.62. The molecule has 1 nitrogen and oxygen atoms in total. The zero-order valence-electron chi connectivity index (χ0n) is 33.2. The van der Waals surface area contributed by atoms with Crippen molar-refractivity contribution >= 4 is 11.4 Å². The van der Waals surface area contributed by atoms with Crippen molar-refractivity contribution in [3.8, 4) is 0 Å². The van der Waals surface area contributed by atoms with Crippen LogP contribution in [0.5, 0.6) is 0 Å². The molecule has 0 heterocycles. The summed E-state index contributed by atoms with van der Waals surface area (Å²) in [5, 5.41) is 0. The summed E-state index contributed by atoms with van der Waals surface area (Å²) in [5.41, 5.74) is 4.33. The van der Waals surface area contributed by atoms with Crippen LogP contribution in [0.25, 0.3) is 0 Å². The van der Waals surface area contributed by atoms with Crippen LogP contribution in [0.15, 0.2) is 54.6 Å². The van der Waals surface area contributed by atoms with E-state index >= 15 is 0 Å². The Hall–Kier alpha value is -1.76. The topological polar surface area (TPSA) is 3.24 Å². The van der Waals surface area contributed by atoms with Crippen LogP contribution in [-0.2, 0) is 6.42 Å². The molecular formula is C48H83N. The van der Waals surface area contributed by atoms with Crippen LogP contribution in [-0.4, -0.2) is 6.54 Å². The Morgan fingerprint density at radius 1 is 0.327 bits per heavy atom. The van der Waals surface area contributed by atoms with Gasteiger partial charge in [-0.05, 0) is 43.0 Å². The van der Waals surface area contributed by atoms with E-state index in [2.05, 4.69) is 73.3 Å². The summed E-state index contributed by atoms with van der Waals surface area (Å²) in [6.07, 6.45) is 46.9. The summed E-state index contributed by atoms with van der Waals surface area (Å²) in [6.45, 7) is 5.74. The van der Waals surface area contributed by atoms with Crippen molar-refractivity contribution in [2.24, 2.45) is 0 Å². The molecule has 0 atom stereocenters. The normalized spacial score (nSPS) is 11.4. The number of hydrogen-bond acceptors (Lipinski definition) is 1. The molecule has 0 N–H and O–H groups in total. The minimum Gasteiger partial charge on any atom is -0.341 e. The summed E-state index contributed by atoms with van der Waals surface area (Å²) in [4.78, 5) is 2.62. The predicted octanol–water partition coefficient (Wildman–Crippen LogP) is 16.9. The molecule has 1 heteroatoms. The highest BCUT2D eigenvalue weighted by atomic mass is 15.1. The minimum atomic E-state index is 1.12. The smallest absolute Gasteiger partial charge is 0.0443 e. The van der Waals surface area contributed by atoms with Gasteiger partial charge >= 0.3 is 0 Å². The van der Waals surface area contributed by atoms with Crippen LogP contribution >= 0.6 is 0 Å². The Kier molecular flexibility index (Phi) is 29.6. The van der Waals surface area contributed by atoms with Crippen molar-refractivity contribution in [1.29, 1.82) is 0 Å². The number of unbranched alkanes of at least 4 members (excludes halogenated alkanes) is 30. The average molecular weight is 674 g/mol. The van der Waals surface area contributed by atoms with E-state index in [0.29, 0.717) is 0 Å². The van der Waals surface area contributed by atoms with Crippen LogP contribution in [0.3, 0.4) is 0 Å². The Morgan fingerprint density at radius 3 is 1.06 bits per heavy atom. The van der Waals surface area contributed by atoms with Gasteiger partial charge in [0.1, 0.15) is 0 Å². The highest BCUT2D eigenvalue weighted by Crippen LogP contribution is 2.30. The summed E-state index contributed by atoms with van der Waals surface area (Å²) in [6, 6.07) is 20.4. The number of anilines is 2. The molecule has 0 unspecified atom stereocenters. The monoisotopic (exact) mass is 674 g/mol. The van der Waals surface area contributed by atoms with E-state index in [4.69, 9.17) is 0 Å². The molecule has 0 aliphatic rings. The maximum atomic E-state index is 2.62. The SMILES string of the molecule is CCCCCCCCCCCCCCCCCCc1ccccc1N(CCCCCCCCCCCCCCCCCC)c1ccccc1. The van der Waals surface area contributed by atoms with Crippen molar-refractivity contribution in [3.63, 3.8) is 0 Å². The van der Waals surface area contributed by atoms with Crippen molar-refractivity contribution in [3.05, 3.63) is 60.2 Å². The molecule has 0 aliphatic carbocycles. The second kappa shape index (κ2) is 33.4. The van der Waals surface area contributed by atoms with Gasteiger partial charge < -0.3 is 4.90 Å². The lowest BCUT2D eigenvalue weighted by Gasteiger charge is -2.27.